The van der Waals surface area contributed by atoms with E-state index in [1.165, 1.54) is 33.5 Å². The van der Waals surface area contributed by atoms with Crippen LogP contribution in [0.1, 0.15) is 49.4 Å². The minimum atomic E-state index is 0.901. The Kier molecular flexibility index (Phi) is 5.23. The van der Waals surface area contributed by atoms with E-state index in [9.17, 15) is 0 Å². The van der Waals surface area contributed by atoms with Crippen molar-refractivity contribution in [2.45, 2.75) is 48.0 Å². The van der Waals surface area contributed by atoms with E-state index >= 15 is 0 Å². The van der Waals surface area contributed by atoms with Gasteiger partial charge in [0.05, 0.1) is 5.71 Å². The molecule has 2 heteroatoms. The van der Waals surface area contributed by atoms with Crippen molar-refractivity contribution in [3.05, 3.63) is 57.9 Å². The van der Waals surface area contributed by atoms with Crippen LogP contribution in [-0.2, 0) is 0 Å². The summed E-state index contributed by atoms with van der Waals surface area (Å²) < 4.78 is 0. The van der Waals surface area contributed by atoms with E-state index in [-0.39, 0.29) is 0 Å². The summed E-state index contributed by atoms with van der Waals surface area (Å²) in [6, 6.07) is 4.51. The van der Waals surface area contributed by atoms with Gasteiger partial charge < -0.3 is 4.90 Å². The minimum Gasteiger partial charge on any atom is -0.357 e. The second-order valence-electron chi connectivity index (χ2n) is 6.16. The van der Waals surface area contributed by atoms with Crippen molar-refractivity contribution in [3.8, 4) is 0 Å². The normalized spacial score (nSPS) is 14.9. The summed E-state index contributed by atoms with van der Waals surface area (Å²) >= 11 is 0. The molecule has 0 spiro atoms. The van der Waals surface area contributed by atoms with Crippen LogP contribution in [0.4, 0.5) is 0 Å². The van der Waals surface area contributed by atoms with E-state index in [2.05, 4.69) is 70.7 Å². The van der Waals surface area contributed by atoms with Gasteiger partial charge in [0.1, 0.15) is 5.82 Å². The summed E-state index contributed by atoms with van der Waals surface area (Å²) in [5, 5.41) is 0. The highest BCUT2D eigenvalue weighted by molar-refractivity contribution is 6.04. The number of allylic oxidation sites excluding steroid dienone is 3. The standard InChI is InChI=1S/C20H28N2/c1-7-22(8-2)19-13-14(3)9-10-18(21-19)20-16(5)11-15(4)12-17(20)6/h9,11-13H,7-8,10H2,1-6H3. The fourth-order valence-electron chi connectivity index (χ4n) is 3.24. The van der Waals surface area contributed by atoms with Crippen LogP contribution in [0.3, 0.4) is 0 Å². The number of aliphatic imine (C=N–C) groups is 1. The van der Waals surface area contributed by atoms with Crippen LogP contribution in [0.15, 0.2) is 40.7 Å². The third-order valence-corrected chi connectivity index (χ3v) is 4.28. The molecule has 118 valence electrons. The highest BCUT2D eigenvalue weighted by Gasteiger charge is 2.15. The zero-order valence-electron chi connectivity index (χ0n) is 14.8. The van der Waals surface area contributed by atoms with Gasteiger partial charge in [0.15, 0.2) is 0 Å². The van der Waals surface area contributed by atoms with Gasteiger partial charge in [0.25, 0.3) is 0 Å². The molecule has 0 aromatic heterocycles. The quantitative estimate of drug-likeness (QED) is 0.769. The van der Waals surface area contributed by atoms with Crippen LogP contribution in [0.2, 0.25) is 0 Å². The van der Waals surface area contributed by atoms with Crippen LogP contribution in [-0.4, -0.2) is 23.7 Å². The molecule has 0 amide bonds. The zero-order chi connectivity index (χ0) is 16.3. The lowest BCUT2D eigenvalue weighted by atomic mass is 9.94. The summed E-state index contributed by atoms with van der Waals surface area (Å²) in [4.78, 5) is 7.36. The van der Waals surface area contributed by atoms with Gasteiger partial charge in [-0.1, -0.05) is 29.3 Å². The van der Waals surface area contributed by atoms with Gasteiger partial charge in [-0.05, 0) is 58.7 Å². The second-order valence-corrected chi connectivity index (χ2v) is 6.16. The van der Waals surface area contributed by atoms with Gasteiger partial charge in [-0.3, -0.25) is 0 Å². The van der Waals surface area contributed by atoms with Gasteiger partial charge in [-0.2, -0.15) is 0 Å². The molecule has 1 heterocycles. The van der Waals surface area contributed by atoms with E-state index in [4.69, 9.17) is 4.99 Å². The molecule has 0 saturated heterocycles. The molecular weight excluding hydrogens is 268 g/mol. The van der Waals surface area contributed by atoms with Crippen molar-refractivity contribution in [3.63, 3.8) is 0 Å². The van der Waals surface area contributed by atoms with Gasteiger partial charge in [-0.25, -0.2) is 4.99 Å². The maximum absolute atomic E-state index is 5.04. The van der Waals surface area contributed by atoms with Crippen molar-refractivity contribution in [1.82, 2.24) is 4.90 Å². The Morgan fingerprint density at radius 3 is 2.14 bits per heavy atom. The highest BCUT2D eigenvalue weighted by atomic mass is 15.2. The van der Waals surface area contributed by atoms with Crippen molar-refractivity contribution in [1.29, 1.82) is 0 Å². The molecule has 0 aliphatic carbocycles. The summed E-state index contributed by atoms with van der Waals surface area (Å²) in [5.41, 5.74) is 7.76. The Morgan fingerprint density at radius 2 is 1.59 bits per heavy atom. The smallest absolute Gasteiger partial charge is 0.129 e. The van der Waals surface area contributed by atoms with Gasteiger partial charge in [-0.15, -0.1) is 0 Å². The Labute approximate surface area is 135 Å². The maximum Gasteiger partial charge on any atom is 0.129 e. The third-order valence-electron chi connectivity index (χ3n) is 4.28. The highest BCUT2D eigenvalue weighted by Crippen LogP contribution is 2.23. The van der Waals surface area contributed by atoms with E-state index in [1.807, 2.05) is 0 Å². The first-order chi connectivity index (χ1) is 10.5. The number of benzene rings is 1. The third kappa shape index (κ3) is 3.49. The molecule has 0 saturated carbocycles. The van der Waals surface area contributed by atoms with Gasteiger partial charge >= 0.3 is 0 Å². The molecular formula is C20H28N2. The van der Waals surface area contributed by atoms with Crippen molar-refractivity contribution < 1.29 is 0 Å². The van der Waals surface area contributed by atoms with Gasteiger partial charge in [0, 0.05) is 25.1 Å². The molecule has 0 unspecified atom stereocenters. The number of nitrogens with zero attached hydrogens (tertiary/aromatic N) is 2. The van der Waals surface area contributed by atoms with E-state index < -0.39 is 0 Å². The lowest BCUT2D eigenvalue weighted by molar-refractivity contribution is 0.379. The van der Waals surface area contributed by atoms with E-state index in [1.54, 1.807) is 0 Å². The molecule has 0 bridgehead atoms. The average molecular weight is 296 g/mol. The first-order valence-corrected chi connectivity index (χ1v) is 8.25. The predicted octanol–water partition coefficient (Wildman–Crippen LogP) is 4.93. The molecule has 2 rings (SSSR count). The average Bonchev–Trinajstić information content (AvgIpc) is 2.62. The van der Waals surface area contributed by atoms with E-state index in [0.29, 0.717) is 0 Å². The molecule has 1 aromatic rings. The molecule has 2 nitrogen and oxygen atoms in total. The Hall–Kier alpha value is -1.83. The first kappa shape index (κ1) is 16.5. The Bertz CT molecular complexity index is 621. The summed E-state index contributed by atoms with van der Waals surface area (Å²) in [6.07, 6.45) is 5.39. The predicted molar refractivity (Wildman–Crippen MR) is 96.6 cm³/mol. The molecule has 0 N–H and O–H groups in total. The lowest BCUT2D eigenvalue weighted by Crippen LogP contribution is -2.22. The number of hydrogen-bond donors (Lipinski definition) is 0. The number of hydrogen-bond acceptors (Lipinski definition) is 2. The molecule has 0 radical (unpaired) electrons. The van der Waals surface area contributed by atoms with Crippen LogP contribution in [0, 0.1) is 20.8 Å². The van der Waals surface area contributed by atoms with Crippen molar-refractivity contribution >= 4 is 5.71 Å². The van der Waals surface area contributed by atoms with Crippen molar-refractivity contribution in [2.75, 3.05) is 13.1 Å². The van der Waals surface area contributed by atoms with Crippen LogP contribution < -0.4 is 0 Å². The summed E-state index contributed by atoms with van der Waals surface area (Å²) in [7, 11) is 0. The molecule has 22 heavy (non-hydrogen) atoms. The molecule has 1 aliphatic heterocycles. The first-order valence-electron chi connectivity index (χ1n) is 8.25. The monoisotopic (exact) mass is 296 g/mol. The Balaban J connectivity index is 2.54. The summed E-state index contributed by atoms with van der Waals surface area (Å²) in [5.74, 6) is 1.09. The van der Waals surface area contributed by atoms with Crippen LogP contribution >= 0.6 is 0 Å². The maximum atomic E-state index is 5.04. The van der Waals surface area contributed by atoms with Gasteiger partial charge in [0.2, 0.25) is 0 Å². The number of rotatable bonds is 4. The largest absolute Gasteiger partial charge is 0.357 e. The minimum absolute atomic E-state index is 0.901. The van der Waals surface area contributed by atoms with E-state index in [0.717, 1.165) is 25.3 Å². The molecule has 0 fully saturated rings. The number of aryl methyl sites for hydroxylation is 3. The Morgan fingerprint density at radius 1 is 1.00 bits per heavy atom. The van der Waals surface area contributed by atoms with Crippen LogP contribution in [0.25, 0.3) is 0 Å². The topological polar surface area (TPSA) is 15.6 Å². The second kappa shape index (κ2) is 6.95. The molecule has 1 aromatic carbocycles. The fraction of sp³-hybridized carbons (Fsp3) is 0.450. The fourth-order valence-corrected chi connectivity index (χ4v) is 3.24. The van der Waals surface area contributed by atoms with Crippen LogP contribution in [0.5, 0.6) is 0 Å². The zero-order valence-corrected chi connectivity index (χ0v) is 14.8. The molecule has 0 atom stereocenters. The summed E-state index contributed by atoms with van der Waals surface area (Å²) in [6.45, 7) is 15.1. The molecule has 1 aliphatic rings. The van der Waals surface area contributed by atoms with Crippen molar-refractivity contribution in [2.24, 2.45) is 4.99 Å². The SMILES string of the molecule is CCN(CC)C1=CC(C)=CCC(c2c(C)cc(C)cc2C)=N1. The lowest BCUT2D eigenvalue weighted by Gasteiger charge is -2.22.